The largest absolute Gasteiger partial charge is 0.344 e. The fourth-order valence-electron chi connectivity index (χ4n) is 3.90. The van der Waals surface area contributed by atoms with E-state index in [2.05, 4.69) is 17.7 Å². The van der Waals surface area contributed by atoms with Crippen molar-refractivity contribution in [3.05, 3.63) is 35.9 Å². The summed E-state index contributed by atoms with van der Waals surface area (Å²) in [5.74, 6) is -0.150. The summed E-state index contributed by atoms with van der Waals surface area (Å²) >= 11 is 0. The van der Waals surface area contributed by atoms with E-state index in [1.54, 1.807) is 0 Å². The molecule has 152 valence electrons. The quantitative estimate of drug-likeness (QED) is 0.736. The number of urea groups is 1. The molecule has 2 aliphatic rings. The highest BCUT2D eigenvalue weighted by Gasteiger charge is 2.52. The molecule has 2 fully saturated rings. The summed E-state index contributed by atoms with van der Waals surface area (Å²) in [5.41, 5.74) is 2.78. The van der Waals surface area contributed by atoms with Crippen molar-refractivity contribution in [2.75, 3.05) is 6.54 Å². The molecular formula is C21H30N4O3. The number of hydrogen-bond donors (Lipinski definition) is 2. The monoisotopic (exact) mass is 386 g/mol. The lowest BCUT2D eigenvalue weighted by molar-refractivity contribution is -0.140. The van der Waals surface area contributed by atoms with Crippen LogP contribution in [0.2, 0.25) is 0 Å². The minimum absolute atomic E-state index is 0.105. The number of nitrogens with one attached hydrogen (secondary N) is 2. The third-order valence-electron chi connectivity index (χ3n) is 5.83. The summed E-state index contributed by atoms with van der Waals surface area (Å²) in [4.78, 5) is 39.8. The van der Waals surface area contributed by atoms with Crippen molar-refractivity contribution in [2.24, 2.45) is 5.92 Å². The van der Waals surface area contributed by atoms with Crippen LogP contribution in [0.15, 0.2) is 30.3 Å². The number of hydrogen-bond acceptors (Lipinski definition) is 4. The highest BCUT2D eigenvalue weighted by Crippen LogP contribution is 2.35. The maximum Gasteiger partial charge on any atom is 0.344 e. The summed E-state index contributed by atoms with van der Waals surface area (Å²) in [7, 11) is 0. The van der Waals surface area contributed by atoms with E-state index in [0.29, 0.717) is 25.3 Å². The van der Waals surface area contributed by atoms with Gasteiger partial charge in [-0.1, -0.05) is 37.3 Å². The summed E-state index contributed by atoms with van der Waals surface area (Å²) < 4.78 is 0. The Hall–Kier alpha value is -2.41. The molecule has 2 N–H and O–H groups in total. The van der Waals surface area contributed by atoms with Crippen LogP contribution < -0.4 is 10.7 Å². The van der Waals surface area contributed by atoms with Gasteiger partial charge < -0.3 is 5.32 Å². The van der Waals surface area contributed by atoms with Crippen LogP contribution in [-0.4, -0.2) is 45.9 Å². The summed E-state index contributed by atoms with van der Waals surface area (Å²) in [6, 6.07) is 9.51. The van der Waals surface area contributed by atoms with Crippen LogP contribution in [0.1, 0.15) is 52.0 Å². The molecule has 1 saturated carbocycles. The summed E-state index contributed by atoms with van der Waals surface area (Å²) in [5, 5.41) is 3.69. The van der Waals surface area contributed by atoms with Crippen molar-refractivity contribution < 1.29 is 14.4 Å². The SMILES string of the molecule is CC1CCC2(CC1)NC(=O)N(NC(=O)CN(Cc1ccccc1)C(C)C)C2=O. The molecule has 0 atom stereocenters. The molecule has 3 rings (SSSR count). The second-order valence-corrected chi connectivity index (χ2v) is 8.35. The van der Waals surface area contributed by atoms with Gasteiger partial charge in [-0.2, -0.15) is 5.01 Å². The van der Waals surface area contributed by atoms with E-state index in [1.807, 2.05) is 49.1 Å². The highest BCUT2D eigenvalue weighted by molar-refractivity contribution is 6.08. The van der Waals surface area contributed by atoms with Crippen molar-refractivity contribution in [3.8, 4) is 0 Å². The number of hydrazine groups is 1. The van der Waals surface area contributed by atoms with Crippen LogP contribution >= 0.6 is 0 Å². The van der Waals surface area contributed by atoms with Gasteiger partial charge in [-0.25, -0.2) is 4.79 Å². The Morgan fingerprint density at radius 3 is 2.50 bits per heavy atom. The molecule has 0 bridgehead atoms. The Bertz CT molecular complexity index is 726. The van der Waals surface area contributed by atoms with Gasteiger partial charge in [0.25, 0.3) is 11.8 Å². The predicted octanol–water partition coefficient (Wildman–Crippen LogP) is 2.43. The van der Waals surface area contributed by atoms with Crippen LogP contribution in [0, 0.1) is 5.92 Å². The average Bonchev–Trinajstić information content (AvgIpc) is 2.89. The molecule has 7 nitrogen and oxygen atoms in total. The molecule has 4 amide bonds. The first kappa shape index (κ1) is 20.3. The average molecular weight is 386 g/mol. The fourth-order valence-corrected chi connectivity index (χ4v) is 3.90. The zero-order valence-corrected chi connectivity index (χ0v) is 16.9. The normalized spacial score (nSPS) is 24.9. The van der Waals surface area contributed by atoms with Gasteiger partial charge in [-0.3, -0.25) is 19.9 Å². The molecule has 1 aliphatic carbocycles. The molecule has 1 heterocycles. The minimum atomic E-state index is -0.849. The highest BCUT2D eigenvalue weighted by atomic mass is 16.2. The zero-order chi connectivity index (χ0) is 20.3. The van der Waals surface area contributed by atoms with E-state index in [9.17, 15) is 14.4 Å². The van der Waals surface area contributed by atoms with Crippen molar-refractivity contribution in [1.82, 2.24) is 20.7 Å². The number of benzene rings is 1. The van der Waals surface area contributed by atoms with Gasteiger partial charge >= 0.3 is 6.03 Å². The third kappa shape index (κ3) is 4.35. The first-order valence-corrected chi connectivity index (χ1v) is 10.0. The third-order valence-corrected chi connectivity index (χ3v) is 5.83. The molecule has 7 heteroatoms. The Balaban J connectivity index is 1.61. The number of amides is 4. The molecule has 1 aromatic rings. The first-order chi connectivity index (χ1) is 13.3. The van der Waals surface area contributed by atoms with Gasteiger partial charge in [-0.15, -0.1) is 0 Å². The number of nitrogens with zero attached hydrogens (tertiary/aromatic N) is 2. The lowest BCUT2D eigenvalue weighted by atomic mass is 9.77. The van der Waals surface area contributed by atoms with E-state index in [0.717, 1.165) is 23.4 Å². The van der Waals surface area contributed by atoms with Crippen LogP contribution in [-0.2, 0) is 16.1 Å². The molecule has 0 radical (unpaired) electrons. The van der Waals surface area contributed by atoms with E-state index in [-0.39, 0.29) is 24.4 Å². The molecule has 1 saturated heterocycles. The lowest BCUT2D eigenvalue weighted by Crippen LogP contribution is -2.53. The smallest absolute Gasteiger partial charge is 0.322 e. The lowest BCUT2D eigenvalue weighted by Gasteiger charge is -2.33. The Labute approximate surface area is 166 Å². The standard InChI is InChI=1S/C21H30N4O3/c1-15(2)24(13-17-7-5-4-6-8-17)14-18(26)23-25-19(27)21(22-20(25)28)11-9-16(3)10-12-21/h4-8,15-16H,9-14H2,1-3H3,(H,22,28)(H,23,26). The van der Waals surface area contributed by atoms with Crippen LogP contribution in [0.4, 0.5) is 4.79 Å². The van der Waals surface area contributed by atoms with E-state index >= 15 is 0 Å². The van der Waals surface area contributed by atoms with Gasteiger partial charge in [0, 0.05) is 12.6 Å². The van der Waals surface area contributed by atoms with Crippen molar-refractivity contribution in [3.63, 3.8) is 0 Å². The molecule has 28 heavy (non-hydrogen) atoms. The summed E-state index contributed by atoms with van der Waals surface area (Å²) in [6.07, 6.45) is 3.03. The second kappa shape index (κ2) is 8.31. The minimum Gasteiger partial charge on any atom is -0.322 e. The topological polar surface area (TPSA) is 81.8 Å². The molecule has 1 aliphatic heterocycles. The molecule has 0 unspecified atom stereocenters. The Morgan fingerprint density at radius 1 is 1.25 bits per heavy atom. The zero-order valence-electron chi connectivity index (χ0n) is 16.9. The van der Waals surface area contributed by atoms with Gasteiger partial charge in [-0.05, 0) is 51.0 Å². The number of carbonyl (C=O) groups excluding carboxylic acids is 3. The molecular weight excluding hydrogens is 356 g/mol. The van der Waals surface area contributed by atoms with Crippen molar-refractivity contribution in [1.29, 1.82) is 0 Å². The van der Waals surface area contributed by atoms with Crippen LogP contribution in [0.25, 0.3) is 0 Å². The Kier molecular flexibility index (Phi) is 6.03. The first-order valence-electron chi connectivity index (χ1n) is 10.0. The van der Waals surface area contributed by atoms with Gasteiger partial charge in [0.15, 0.2) is 0 Å². The van der Waals surface area contributed by atoms with Crippen LogP contribution in [0.3, 0.4) is 0 Å². The molecule has 0 aromatic heterocycles. The van der Waals surface area contributed by atoms with Gasteiger partial charge in [0.1, 0.15) is 5.54 Å². The van der Waals surface area contributed by atoms with E-state index in [1.165, 1.54) is 0 Å². The maximum atomic E-state index is 12.9. The van der Waals surface area contributed by atoms with Crippen LogP contribution in [0.5, 0.6) is 0 Å². The van der Waals surface area contributed by atoms with E-state index in [4.69, 9.17) is 0 Å². The van der Waals surface area contributed by atoms with Gasteiger partial charge in [0.2, 0.25) is 0 Å². The van der Waals surface area contributed by atoms with Gasteiger partial charge in [0.05, 0.1) is 6.54 Å². The fraction of sp³-hybridized carbons (Fsp3) is 0.571. The molecule has 1 spiro atoms. The number of rotatable bonds is 6. The van der Waals surface area contributed by atoms with Crippen molar-refractivity contribution in [2.45, 2.75) is 64.6 Å². The van der Waals surface area contributed by atoms with Crippen molar-refractivity contribution >= 4 is 17.8 Å². The number of carbonyl (C=O) groups is 3. The maximum absolute atomic E-state index is 12.9. The second-order valence-electron chi connectivity index (χ2n) is 8.35. The van der Waals surface area contributed by atoms with E-state index < -0.39 is 11.6 Å². The molecule has 1 aromatic carbocycles. The Morgan fingerprint density at radius 2 is 1.89 bits per heavy atom. The predicted molar refractivity (Wildman–Crippen MR) is 106 cm³/mol. The summed E-state index contributed by atoms with van der Waals surface area (Å²) in [6.45, 7) is 6.91. The number of imide groups is 1.